The second-order valence-electron chi connectivity index (χ2n) is 4.65. The van der Waals surface area contributed by atoms with E-state index in [1.165, 1.54) is 12.1 Å². The van der Waals surface area contributed by atoms with Gasteiger partial charge in [0.25, 0.3) is 0 Å². The van der Waals surface area contributed by atoms with Crippen molar-refractivity contribution in [2.24, 2.45) is 0 Å². The van der Waals surface area contributed by atoms with E-state index in [9.17, 15) is 9.18 Å². The molecule has 2 N–H and O–H groups in total. The monoisotopic (exact) mass is 238 g/mol. The summed E-state index contributed by atoms with van der Waals surface area (Å²) in [6, 6.07) is 6.05. The first-order valence-corrected chi connectivity index (χ1v) is 5.73. The average molecular weight is 238 g/mol. The summed E-state index contributed by atoms with van der Waals surface area (Å²) in [6.07, 6.45) is 0.860. The van der Waals surface area contributed by atoms with Crippen molar-refractivity contribution in [2.45, 2.75) is 32.7 Å². The highest BCUT2D eigenvalue weighted by molar-refractivity contribution is 5.81. The van der Waals surface area contributed by atoms with E-state index >= 15 is 0 Å². The number of carbonyl (C=O) groups is 1. The number of halogens is 1. The summed E-state index contributed by atoms with van der Waals surface area (Å²) in [4.78, 5) is 11.6. The molecule has 1 amide bonds. The van der Waals surface area contributed by atoms with Gasteiger partial charge in [0.15, 0.2) is 0 Å². The maximum atomic E-state index is 12.9. The van der Waals surface area contributed by atoms with Gasteiger partial charge in [-0.05, 0) is 38.5 Å². The fraction of sp³-hybridized carbons (Fsp3) is 0.462. The molecule has 0 unspecified atom stereocenters. The van der Waals surface area contributed by atoms with E-state index in [1.807, 2.05) is 20.8 Å². The van der Waals surface area contributed by atoms with Gasteiger partial charge in [0, 0.05) is 11.2 Å². The molecule has 0 radical (unpaired) electrons. The Morgan fingerprint density at radius 1 is 1.41 bits per heavy atom. The Labute approximate surface area is 101 Å². The highest BCUT2D eigenvalue weighted by Crippen LogP contribution is 2.09. The predicted octanol–water partition coefficient (Wildman–Crippen LogP) is 2.54. The van der Waals surface area contributed by atoms with Crippen molar-refractivity contribution in [2.75, 3.05) is 11.9 Å². The van der Waals surface area contributed by atoms with Crippen LogP contribution in [-0.2, 0) is 4.79 Å². The number of nitrogens with one attached hydrogen (secondary N) is 2. The van der Waals surface area contributed by atoms with Crippen molar-refractivity contribution in [1.29, 1.82) is 0 Å². The molecule has 0 fully saturated rings. The summed E-state index contributed by atoms with van der Waals surface area (Å²) in [5, 5.41) is 5.78. The second-order valence-corrected chi connectivity index (χ2v) is 4.65. The first-order valence-electron chi connectivity index (χ1n) is 5.73. The molecule has 0 atom stereocenters. The van der Waals surface area contributed by atoms with E-state index in [0.717, 1.165) is 6.42 Å². The van der Waals surface area contributed by atoms with Crippen LogP contribution in [-0.4, -0.2) is 18.0 Å². The maximum Gasteiger partial charge on any atom is 0.239 e. The quantitative estimate of drug-likeness (QED) is 0.827. The number of anilines is 1. The van der Waals surface area contributed by atoms with Crippen LogP contribution < -0.4 is 10.6 Å². The third-order valence-corrected chi connectivity index (χ3v) is 2.64. The first kappa shape index (κ1) is 13.5. The van der Waals surface area contributed by atoms with Gasteiger partial charge in [-0.2, -0.15) is 0 Å². The Morgan fingerprint density at radius 3 is 2.71 bits per heavy atom. The predicted molar refractivity (Wildman–Crippen MR) is 67.4 cm³/mol. The van der Waals surface area contributed by atoms with Gasteiger partial charge in [0.2, 0.25) is 5.91 Å². The Hall–Kier alpha value is -1.58. The van der Waals surface area contributed by atoms with E-state index in [2.05, 4.69) is 10.6 Å². The van der Waals surface area contributed by atoms with E-state index < -0.39 is 0 Å². The molecule has 0 aliphatic rings. The summed E-state index contributed by atoms with van der Waals surface area (Å²) in [5.74, 6) is -0.412. The minimum Gasteiger partial charge on any atom is -0.376 e. The SMILES string of the molecule is CCC(C)(C)NC(=O)CNc1cccc(F)c1. The Morgan fingerprint density at radius 2 is 2.12 bits per heavy atom. The van der Waals surface area contributed by atoms with Gasteiger partial charge < -0.3 is 10.6 Å². The molecule has 0 saturated heterocycles. The molecule has 0 aliphatic heterocycles. The lowest BCUT2D eigenvalue weighted by molar-refractivity contribution is -0.121. The Bertz CT molecular complexity index is 391. The van der Waals surface area contributed by atoms with Crippen molar-refractivity contribution < 1.29 is 9.18 Å². The normalized spacial score (nSPS) is 11.1. The largest absolute Gasteiger partial charge is 0.376 e. The van der Waals surface area contributed by atoms with Crippen molar-refractivity contribution in [3.63, 3.8) is 0 Å². The number of rotatable bonds is 5. The van der Waals surface area contributed by atoms with Gasteiger partial charge in [-0.25, -0.2) is 4.39 Å². The zero-order valence-corrected chi connectivity index (χ0v) is 10.5. The minimum absolute atomic E-state index is 0.0962. The maximum absolute atomic E-state index is 12.9. The molecule has 0 saturated carbocycles. The number of hydrogen-bond donors (Lipinski definition) is 2. The van der Waals surface area contributed by atoms with Crippen LogP contribution in [0.25, 0.3) is 0 Å². The van der Waals surface area contributed by atoms with Crippen molar-refractivity contribution in [3.05, 3.63) is 30.1 Å². The van der Waals surface area contributed by atoms with Gasteiger partial charge in [-0.15, -0.1) is 0 Å². The van der Waals surface area contributed by atoms with Crippen molar-refractivity contribution in [1.82, 2.24) is 5.32 Å². The summed E-state index contributed by atoms with van der Waals surface area (Å²) >= 11 is 0. The first-order chi connectivity index (χ1) is 7.93. The van der Waals surface area contributed by atoms with Crippen LogP contribution in [0.4, 0.5) is 10.1 Å². The van der Waals surface area contributed by atoms with Gasteiger partial charge in [0.05, 0.1) is 6.54 Å². The van der Waals surface area contributed by atoms with E-state index in [4.69, 9.17) is 0 Å². The van der Waals surface area contributed by atoms with Crippen molar-refractivity contribution >= 4 is 11.6 Å². The molecule has 94 valence electrons. The number of carbonyl (C=O) groups excluding carboxylic acids is 1. The van der Waals surface area contributed by atoms with E-state index in [1.54, 1.807) is 12.1 Å². The Kier molecular flexibility index (Phi) is 4.49. The average Bonchev–Trinajstić information content (AvgIpc) is 2.26. The lowest BCUT2D eigenvalue weighted by atomic mass is 10.0. The Balaban J connectivity index is 2.44. The van der Waals surface area contributed by atoms with Crippen LogP contribution in [0, 0.1) is 5.82 Å². The number of benzene rings is 1. The molecule has 4 heteroatoms. The van der Waals surface area contributed by atoms with Crippen LogP contribution in [0.15, 0.2) is 24.3 Å². The van der Waals surface area contributed by atoms with Gasteiger partial charge in [-0.3, -0.25) is 4.79 Å². The van der Waals surface area contributed by atoms with Crippen LogP contribution in [0.2, 0.25) is 0 Å². The number of hydrogen-bond acceptors (Lipinski definition) is 2. The summed E-state index contributed by atoms with van der Waals surface area (Å²) in [5.41, 5.74) is 0.398. The van der Waals surface area contributed by atoms with Crippen LogP contribution in [0.1, 0.15) is 27.2 Å². The molecule has 0 aliphatic carbocycles. The smallest absolute Gasteiger partial charge is 0.239 e. The lowest BCUT2D eigenvalue weighted by Crippen LogP contribution is -2.45. The molecule has 0 spiro atoms. The van der Waals surface area contributed by atoms with Gasteiger partial charge in [-0.1, -0.05) is 13.0 Å². The third-order valence-electron chi connectivity index (χ3n) is 2.64. The molecule has 1 rings (SSSR count). The molecular formula is C13H19FN2O. The zero-order valence-electron chi connectivity index (χ0n) is 10.5. The van der Waals surface area contributed by atoms with Gasteiger partial charge >= 0.3 is 0 Å². The third kappa shape index (κ3) is 4.85. The van der Waals surface area contributed by atoms with Crippen LogP contribution in [0.3, 0.4) is 0 Å². The molecule has 0 aromatic heterocycles. The summed E-state index contributed by atoms with van der Waals surface area (Å²) in [7, 11) is 0. The molecule has 17 heavy (non-hydrogen) atoms. The van der Waals surface area contributed by atoms with Crippen LogP contribution in [0.5, 0.6) is 0 Å². The highest BCUT2D eigenvalue weighted by atomic mass is 19.1. The van der Waals surface area contributed by atoms with Crippen molar-refractivity contribution in [3.8, 4) is 0 Å². The van der Waals surface area contributed by atoms with Gasteiger partial charge in [0.1, 0.15) is 5.82 Å². The van der Waals surface area contributed by atoms with E-state index in [0.29, 0.717) is 5.69 Å². The highest BCUT2D eigenvalue weighted by Gasteiger charge is 2.17. The topological polar surface area (TPSA) is 41.1 Å². The van der Waals surface area contributed by atoms with Crippen LogP contribution >= 0.6 is 0 Å². The molecule has 1 aromatic carbocycles. The molecule has 0 bridgehead atoms. The fourth-order valence-corrected chi connectivity index (χ4v) is 1.29. The summed E-state index contributed by atoms with van der Waals surface area (Å²) < 4.78 is 12.9. The molecule has 0 heterocycles. The zero-order chi connectivity index (χ0) is 12.9. The molecule has 1 aromatic rings. The summed E-state index contributed by atoms with van der Waals surface area (Å²) in [6.45, 7) is 6.09. The minimum atomic E-state index is -0.315. The second kappa shape index (κ2) is 5.66. The molecular weight excluding hydrogens is 219 g/mol. The molecule has 3 nitrogen and oxygen atoms in total. The lowest BCUT2D eigenvalue weighted by Gasteiger charge is -2.24. The standard InChI is InChI=1S/C13H19FN2O/c1-4-13(2,3)16-12(17)9-15-11-7-5-6-10(14)8-11/h5-8,15H,4,9H2,1-3H3,(H,16,17). The van der Waals surface area contributed by atoms with E-state index in [-0.39, 0.29) is 23.8 Å². The fourth-order valence-electron chi connectivity index (χ4n) is 1.29. The number of amides is 1.